The summed E-state index contributed by atoms with van der Waals surface area (Å²) in [5.74, 6) is 2.76. The van der Waals surface area contributed by atoms with Gasteiger partial charge in [-0.15, -0.1) is 0 Å². The predicted molar refractivity (Wildman–Crippen MR) is 63.4 cm³/mol. The Hall–Kier alpha value is -1.09. The summed E-state index contributed by atoms with van der Waals surface area (Å²) in [5.41, 5.74) is 2.28. The Labute approximate surface area is 106 Å². The third kappa shape index (κ3) is 0.831. The van der Waals surface area contributed by atoms with Gasteiger partial charge in [-0.1, -0.05) is 6.92 Å². The number of carbonyl (C=O) groups excluding carboxylic acids is 1. The van der Waals surface area contributed by atoms with E-state index in [2.05, 4.69) is 13.0 Å². The second kappa shape index (κ2) is 2.46. The van der Waals surface area contributed by atoms with E-state index < -0.39 is 0 Å². The highest BCUT2D eigenvalue weighted by Crippen LogP contribution is 2.77. The Morgan fingerprint density at radius 2 is 2.17 bits per heavy atom. The molecule has 18 heavy (non-hydrogen) atoms. The van der Waals surface area contributed by atoms with Crippen LogP contribution in [0, 0.1) is 23.2 Å². The van der Waals surface area contributed by atoms with Crippen LogP contribution in [0.4, 0.5) is 0 Å². The van der Waals surface area contributed by atoms with Crippen LogP contribution in [0.1, 0.15) is 26.7 Å². The number of ether oxygens (including phenoxy) is 2. The molecule has 2 aliphatic heterocycles. The summed E-state index contributed by atoms with van der Waals surface area (Å²) >= 11 is 0. The van der Waals surface area contributed by atoms with E-state index in [1.54, 1.807) is 0 Å². The molecule has 3 aliphatic carbocycles. The van der Waals surface area contributed by atoms with Crippen molar-refractivity contribution in [3.05, 3.63) is 23.0 Å². The number of epoxide rings is 1. The van der Waals surface area contributed by atoms with Gasteiger partial charge in [0.1, 0.15) is 5.76 Å². The topological polar surface area (TPSA) is 38.8 Å². The standard InChI is InChI=1S/C15H16O3/c1-7-8-3-12-14(2,5-11(8)18-13(7)16)9-4-10(9)15(12)6-17-15/h5,9-10,12H,3-4,6H2,1-2H3/t9-,10+,12-,14+,15-/m1/s1. The summed E-state index contributed by atoms with van der Waals surface area (Å²) in [5, 5.41) is 0. The maximum atomic E-state index is 11.7. The third-order valence-corrected chi connectivity index (χ3v) is 6.14. The summed E-state index contributed by atoms with van der Waals surface area (Å²) in [6, 6.07) is 0. The van der Waals surface area contributed by atoms with Crippen molar-refractivity contribution in [3.8, 4) is 0 Å². The zero-order valence-electron chi connectivity index (χ0n) is 10.7. The first kappa shape index (κ1) is 9.79. The van der Waals surface area contributed by atoms with Gasteiger partial charge in [-0.2, -0.15) is 0 Å². The quantitative estimate of drug-likeness (QED) is 0.484. The van der Waals surface area contributed by atoms with Crippen molar-refractivity contribution >= 4 is 5.97 Å². The average Bonchev–Trinajstić information content (AvgIpc) is 3.19. The van der Waals surface area contributed by atoms with E-state index in [0.29, 0.717) is 5.92 Å². The molecule has 3 nitrogen and oxygen atoms in total. The van der Waals surface area contributed by atoms with Crippen LogP contribution < -0.4 is 0 Å². The molecule has 3 heteroatoms. The van der Waals surface area contributed by atoms with Crippen LogP contribution in [0.3, 0.4) is 0 Å². The van der Waals surface area contributed by atoms with Gasteiger partial charge in [0.25, 0.3) is 0 Å². The maximum absolute atomic E-state index is 11.7. The second-order valence-corrected chi connectivity index (χ2v) is 6.82. The van der Waals surface area contributed by atoms with Gasteiger partial charge in [-0.3, -0.25) is 0 Å². The summed E-state index contributed by atoms with van der Waals surface area (Å²) in [6.07, 6.45) is 4.50. The molecule has 5 rings (SSSR count). The fourth-order valence-electron chi connectivity index (χ4n) is 4.97. The highest BCUT2D eigenvalue weighted by atomic mass is 16.6. The van der Waals surface area contributed by atoms with Crippen LogP contribution >= 0.6 is 0 Å². The van der Waals surface area contributed by atoms with Crippen molar-refractivity contribution < 1.29 is 14.3 Å². The molecular weight excluding hydrogens is 228 g/mol. The number of esters is 1. The summed E-state index contributed by atoms with van der Waals surface area (Å²) < 4.78 is 11.3. The third-order valence-electron chi connectivity index (χ3n) is 6.14. The molecule has 2 saturated carbocycles. The van der Waals surface area contributed by atoms with Crippen molar-refractivity contribution in [3.63, 3.8) is 0 Å². The van der Waals surface area contributed by atoms with Gasteiger partial charge >= 0.3 is 5.97 Å². The number of carbonyl (C=O) groups is 1. The minimum absolute atomic E-state index is 0.153. The molecule has 3 fully saturated rings. The van der Waals surface area contributed by atoms with Crippen molar-refractivity contribution in [1.29, 1.82) is 0 Å². The monoisotopic (exact) mass is 244 g/mol. The second-order valence-electron chi connectivity index (χ2n) is 6.82. The molecule has 1 saturated heterocycles. The van der Waals surface area contributed by atoms with Crippen molar-refractivity contribution in [2.75, 3.05) is 6.61 Å². The van der Waals surface area contributed by atoms with E-state index in [1.165, 1.54) is 6.42 Å². The SMILES string of the molecule is CC1=C2C[C@@H]3[C@@](C)(C=C2OC1=O)[C@@H]1C[C@@H]1[C@]31CO1. The van der Waals surface area contributed by atoms with E-state index >= 15 is 0 Å². The Kier molecular flexibility index (Phi) is 1.34. The zero-order valence-corrected chi connectivity index (χ0v) is 10.7. The Morgan fingerprint density at radius 3 is 2.89 bits per heavy atom. The fraction of sp³-hybridized carbons (Fsp3) is 0.667. The van der Waals surface area contributed by atoms with Crippen molar-refractivity contribution in [1.82, 2.24) is 0 Å². The Bertz CT molecular complexity index is 566. The fourth-order valence-corrected chi connectivity index (χ4v) is 4.97. The molecule has 0 radical (unpaired) electrons. The van der Waals surface area contributed by atoms with Crippen molar-refractivity contribution in [2.24, 2.45) is 23.2 Å². The van der Waals surface area contributed by atoms with Crippen LogP contribution in [0.15, 0.2) is 23.0 Å². The molecule has 0 aromatic heterocycles. The molecule has 1 spiro atoms. The first-order chi connectivity index (χ1) is 8.56. The lowest BCUT2D eigenvalue weighted by Gasteiger charge is -2.38. The lowest BCUT2D eigenvalue weighted by molar-refractivity contribution is -0.133. The molecule has 2 heterocycles. The largest absolute Gasteiger partial charge is 0.423 e. The minimum Gasteiger partial charge on any atom is -0.423 e. The van der Waals surface area contributed by atoms with Gasteiger partial charge in [-0.25, -0.2) is 4.79 Å². The van der Waals surface area contributed by atoms with Crippen LogP contribution in [0.25, 0.3) is 0 Å². The molecule has 0 bridgehead atoms. The lowest BCUT2D eigenvalue weighted by Crippen LogP contribution is -2.36. The Morgan fingerprint density at radius 1 is 1.39 bits per heavy atom. The Balaban J connectivity index is 1.70. The first-order valence-corrected chi connectivity index (χ1v) is 6.85. The summed E-state index contributed by atoms with van der Waals surface area (Å²) in [6.45, 7) is 5.15. The van der Waals surface area contributed by atoms with E-state index in [9.17, 15) is 4.79 Å². The number of fused-ring (bicyclic) bond motifs is 6. The van der Waals surface area contributed by atoms with Crippen LogP contribution in [0.5, 0.6) is 0 Å². The smallest absolute Gasteiger partial charge is 0.339 e. The van der Waals surface area contributed by atoms with E-state index in [-0.39, 0.29) is 17.0 Å². The molecule has 0 unspecified atom stereocenters. The van der Waals surface area contributed by atoms with Gasteiger partial charge in [0, 0.05) is 17.1 Å². The molecule has 0 aromatic carbocycles. The summed E-state index contributed by atoms with van der Waals surface area (Å²) in [4.78, 5) is 11.7. The van der Waals surface area contributed by atoms with Crippen LogP contribution in [-0.2, 0) is 14.3 Å². The molecule has 5 aliphatic rings. The molecule has 94 valence electrons. The average molecular weight is 244 g/mol. The first-order valence-electron chi connectivity index (χ1n) is 6.85. The lowest BCUT2D eigenvalue weighted by atomic mass is 9.66. The highest BCUT2D eigenvalue weighted by Gasteiger charge is 2.78. The molecule has 5 atom stereocenters. The number of hydrogen-bond acceptors (Lipinski definition) is 3. The molecule has 0 aromatic rings. The zero-order chi connectivity index (χ0) is 12.3. The normalized spacial score (nSPS) is 54.9. The van der Waals surface area contributed by atoms with Gasteiger partial charge in [0.05, 0.1) is 12.2 Å². The minimum atomic E-state index is -0.155. The van der Waals surface area contributed by atoms with Crippen LogP contribution in [0.2, 0.25) is 0 Å². The number of hydrogen-bond donors (Lipinski definition) is 0. The van der Waals surface area contributed by atoms with Gasteiger partial charge < -0.3 is 9.47 Å². The highest BCUT2D eigenvalue weighted by molar-refractivity contribution is 5.94. The van der Waals surface area contributed by atoms with Gasteiger partial charge in [0.2, 0.25) is 0 Å². The predicted octanol–water partition coefficient (Wildman–Crippen LogP) is 2.19. The van der Waals surface area contributed by atoms with Crippen LogP contribution in [-0.4, -0.2) is 18.2 Å². The van der Waals surface area contributed by atoms with Gasteiger partial charge in [0.15, 0.2) is 0 Å². The molecular formula is C15H16O3. The molecule has 0 N–H and O–H groups in total. The van der Waals surface area contributed by atoms with E-state index in [1.807, 2.05) is 6.92 Å². The van der Waals surface area contributed by atoms with Gasteiger partial charge in [-0.05, 0) is 43.1 Å². The number of rotatable bonds is 0. The molecule has 0 amide bonds. The maximum Gasteiger partial charge on any atom is 0.339 e. The summed E-state index contributed by atoms with van der Waals surface area (Å²) in [7, 11) is 0. The van der Waals surface area contributed by atoms with E-state index in [0.717, 1.165) is 41.8 Å². The number of allylic oxidation sites excluding steroid dienone is 2. The van der Waals surface area contributed by atoms with Crippen molar-refractivity contribution in [2.45, 2.75) is 32.3 Å². The van der Waals surface area contributed by atoms with E-state index in [4.69, 9.17) is 9.47 Å².